The summed E-state index contributed by atoms with van der Waals surface area (Å²) < 4.78 is 44.1. The summed E-state index contributed by atoms with van der Waals surface area (Å²) >= 11 is 0. The highest BCUT2D eigenvalue weighted by molar-refractivity contribution is 5.98. The molecule has 0 fully saturated rings. The Morgan fingerprint density at radius 1 is 1.33 bits per heavy atom. The molecule has 0 radical (unpaired) electrons. The average molecular weight is 301 g/mol. The third kappa shape index (κ3) is 3.52. The summed E-state index contributed by atoms with van der Waals surface area (Å²) in [5.41, 5.74) is 5.60. The molecule has 3 N–H and O–H groups in total. The first-order valence-corrected chi connectivity index (χ1v) is 6.28. The fourth-order valence-electron chi connectivity index (χ4n) is 1.87. The molecule has 2 rings (SSSR count). The lowest BCUT2D eigenvalue weighted by molar-refractivity contribution is -0.167. The maximum atomic E-state index is 13.0. The highest BCUT2D eigenvalue weighted by atomic mass is 19.4. The van der Waals surface area contributed by atoms with Crippen LogP contribution in [0.1, 0.15) is 5.56 Å². The molecule has 1 amide bonds. The van der Waals surface area contributed by atoms with Crippen molar-refractivity contribution < 1.29 is 22.7 Å². The van der Waals surface area contributed by atoms with Crippen LogP contribution in [0.15, 0.2) is 35.3 Å². The molecule has 2 unspecified atom stereocenters. The smallest absolute Gasteiger partial charge is 0.415 e. The number of hydrogen-bond acceptors (Lipinski definition) is 4. The number of hydrogen-bond donors (Lipinski definition) is 2. The van der Waals surface area contributed by atoms with Crippen LogP contribution in [0.4, 0.5) is 13.2 Å². The Kier molecular flexibility index (Phi) is 4.46. The zero-order chi connectivity index (χ0) is 15.5. The molecule has 1 aromatic rings. The first kappa shape index (κ1) is 15.3. The van der Waals surface area contributed by atoms with Crippen LogP contribution >= 0.6 is 0 Å². The standard InChI is InChI=1S/C13H14F3N3O2/c14-13(15,16)10-9(11(20)18-7-6-17)21-12(19-10)8-4-2-1-3-5-8/h1-5,9-10H,6-7,17H2,(H,18,20). The predicted octanol–water partition coefficient (Wildman–Crippen LogP) is 0.838. The van der Waals surface area contributed by atoms with E-state index in [1.54, 1.807) is 30.3 Å². The number of rotatable bonds is 4. The van der Waals surface area contributed by atoms with E-state index >= 15 is 0 Å². The van der Waals surface area contributed by atoms with Crippen molar-refractivity contribution in [1.82, 2.24) is 5.32 Å². The number of amides is 1. The van der Waals surface area contributed by atoms with Gasteiger partial charge in [0.2, 0.25) is 12.0 Å². The van der Waals surface area contributed by atoms with Crippen molar-refractivity contribution in [2.45, 2.75) is 18.3 Å². The lowest BCUT2D eigenvalue weighted by Crippen LogP contribution is -2.47. The van der Waals surface area contributed by atoms with E-state index in [4.69, 9.17) is 10.5 Å². The molecule has 114 valence electrons. The number of nitrogens with zero attached hydrogens (tertiary/aromatic N) is 1. The molecule has 0 spiro atoms. The molecule has 0 saturated carbocycles. The van der Waals surface area contributed by atoms with Gasteiger partial charge in [0.1, 0.15) is 0 Å². The van der Waals surface area contributed by atoms with Crippen molar-refractivity contribution in [2.24, 2.45) is 10.7 Å². The van der Waals surface area contributed by atoms with Crippen LogP contribution < -0.4 is 11.1 Å². The molecule has 0 saturated heterocycles. The third-order valence-electron chi connectivity index (χ3n) is 2.84. The van der Waals surface area contributed by atoms with Crippen LogP contribution in [-0.2, 0) is 9.53 Å². The van der Waals surface area contributed by atoms with Gasteiger partial charge in [0.05, 0.1) is 0 Å². The Morgan fingerprint density at radius 3 is 2.57 bits per heavy atom. The van der Waals surface area contributed by atoms with Gasteiger partial charge in [-0.3, -0.25) is 4.79 Å². The number of aliphatic imine (C=N–C) groups is 1. The van der Waals surface area contributed by atoms with Gasteiger partial charge in [-0.1, -0.05) is 18.2 Å². The van der Waals surface area contributed by atoms with Gasteiger partial charge in [-0.15, -0.1) is 0 Å². The van der Waals surface area contributed by atoms with E-state index in [9.17, 15) is 18.0 Å². The second-order valence-electron chi connectivity index (χ2n) is 4.40. The molecule has 0 aromatic heterocycles. The summed E-state index contributed by atoms with van der Waals surface area (Å²) in [4.78, 5) is 15.3. The second-order valence-corrected chi connectivity index (χ2v) is 4.40. The summed E-state index contributed by atoms with van der Waals surface area (Å²) in [6.45, 7) is 0.200. The largest absolute Gasteiger partial charge is 0.461 e. The molecular formula is C13H14F3N3O2. The maximum absolute atomic E-state index is 13.0. The number of alkyl halides is 3. The normalized spacial score (nSPS) is 21.6. The fraction of sp³-hybridized carbons (Fsp3) is 0.385. The SMILES string of the molecule is NCCNC(=O)C1OC(c2ccccc2)=NC1C(F)(F)F. The van der Waals surface area contributed by atoms with Crippen molar-refractivity contribution >= 4 is 11.8 Å². The first-order chi connectivity index (χ1) is 9.93. The van der Waals surface area contributed by atoms with E-state index in [1.807, 2.05) is 0 Å². The van der Waals surface area contributed by atoms with Crippen molar-refractivity contribution in [3.63, 3.8) is 0 Å². The lowest BCUT2D eigenvalue weighted by atomic mass is 10.1. The van der Waals surface area contributed by atoms with Gasteiger partial charge in [0.25, 0.3) is 5.91 Å². The molecule has 21 heavy (non-hydrogen) atoms. The van der Waals surface area contributed by atoms with E-state index < -0.39 is 24.2 Å². The van der Waals surface area contributed by atoms with Crippen molar-refractivity contribution in [1.29, 1.82) is 0 Å². The average Bonchev–Trinajstić information content (AvgIpc) is 2.91. The van der Waals surface area contributed by atoms with E-state index in [0.29, 0.717) is 5.56 Å². The zero-order valence-electron chi connectivity index (χ0n) is 10.9. The molecule has 0 bridgehead atoms. The minimum Gasteiger partial charge on any atom is -0.461 e. The van der Waals surface area contributed by atoms with E-state index in [2.05, 4.69) is 10.3 Å². The van der Waals surface area contributed by atoms with Crippen molar-refractivity contribution in [3.8, 4) is 0 Å². The monoisotopic (exact) mass is 301 g/mol. The summed E-state index contributed by atoms with van der Waals surface area (Å²) in [6.07, 6.45) is -6.40. The maximum Gasteiger partial charge on any atom is 0.415 e. The van der Waals surface area contributed by atoms with Gasteiger partial charge in [0, 0.05) is 18.7 Å². The predicted molar refractivity (Wildman–Crippen MR) is 69.8 cm³/mol. The van der Waals surface area contributed by atoms with Crippen LogP contribution in [0, 0.1) is 0 Å². The highest BCUT2D eigenvalue weighted by Crippen LogP contribution is 2.32. The molecular weight excluding hydrogens is 287 g/mol. The highest BCUT2D eigenvalue weighted by Gasteiger charge is 2.53. The van der Waals surface area contributed by atoms with E-state index in [1.165, 1.54) is 0 Å². The molecule has 1 heterocycles. The minimum atomic E-state index is -4.67. The quantitative estimate of drug-likeness (QED) is 0.865. The number of halogens is 3. The summed E-state index contributed by atoms with van der Waals surface area (Å²) in [5, 5.41) is 2.29. The lowest BCUT2D eigenvalue weighted by Gasteiger charge is -2.19. The fourth-order valence-corrected chi connectivity index (χ4v) is 1.87. The Bertz CT molecular complexity index is 531. The summed E-state index contributed by atoms with van der Waals surface area (Å²) in [7, 11) is 0. The van der Waals surface area contributed by atoms with Gasteiger partial charge >= 0.3 is 6.18 Å². The van der Waals surface area contributed by atoms with Crippen LogP contribution in [0.3, 0.4) is 0 Å². The molecule has 1 aromatic carbocycles. The van der Waals surface area contributed by atoms with Gasteiger partial charge in [-0.05, 0) is 12.1 Å². The Hall–Kier alpha value is -2.09. The van der Waals surface area contributed by atoms with Crippen LogP contribution in [0.2, 0.25) is 0 Å². The van der Waals surface area contributed by atoms with E-state index in [0.717, 1.165) is 0 Å². The molecule has 8 heteroatoms. The Balaban J connectivity index is 2.22. The van der Waals surface area contributed by atoms with Crippen molar-refractivity contribution in [2.75, 3.05) is 13.1 Å². The number of nitrogens with one attached hydrogen (secondary N) is 1. The molecule has 1 aliphatic rings. The molecule has 0 aliphatic carbocycles. The molecule has 5 nitrogen and oxygen atoms in total. The molecule has 1 aliphatic heterocycles. The van der Waals surface area contributed by atoms with Crippen LogP contribution in [-0.4, -0.2) is 43.2 Å². The molecule has 2 atom stereocenters. The Labute approximate surface area is 119 Å². The first-order valence-electron chi connectivity index (χ1n) is 6.28. The number of benzene rings is 1. The number of nitrogens with two attached hydrogens (primary N) is 1. The van der Waals surface area contributed by atoms with Gasteiger partial charge in [0.15, 0.2) is 6.04 Å². The third-order valence-corrected chi connectivity index (χ3v) is 2.84. The topological polar surface area (TPSA) is 76.7 Å². The minimum absolute atomic E-state index is 0.0734. The number of ether oxygens (including phenoxy) is 1. The number of carbonyl (C=O) groups is 1. The number of carbonyl (C=O) groups excluding carboxylic acids is 1. The van der Waals surface area contributed by atoms with Gasteiger partial charge in [-0.25, -0.2) is 4.99 Å². The van der Waals surface area contributed by atoms with Crippen LogP contribution in [0.25, 0.3) is 0 Å². The summed E-state index contributed by atoms with van der Waals surface area (Å²) in [6, 6.07) is 5.91. The zero-order valence-corrected chi connectivity index (χ0v) is 10.9. The second kappa shape index (κ2) is 6.13. The van der Waals surface area contributed by atoms with Crippen LogP contribution in [0.5, 0.6) is 0 Å². The van der Waals surface area contributed by atoms with Gasteiger partial charge < -0.3 is 15.8 Å². The summed E-state index contributed by atoms with van der Waals surface area (Å²) in [5.74, 6) is -1.07. The Morgan fingerprint density at radius 2 is 2.00 bits per heavy atom. The van der Waals surface area contributed by atoms with E-state index in [-0.39, 0.29) is 19.0 Å². The van der Waals surface area contributed by atoms with Crippen molar-refractivity contribution in [3.05, 3.63) is 35.9 Å². The van der Waals surface area contributed by atoms with Gasteiger partial charge in [-0.2, -0.15) is 13.2 Å².